The van der Waals surface area contributed by atoms with Crippen LogP contribution in [0.4, 0.5) is 0 Å². The number of carbonyl (C=O) groups is 1. The first-order valence-electron chi connectivity index (χ1n) is 8.86. The summed E-state index contributed by atoms with van der Waals surface area (Å²) >= 11 is 0. The number of hydrogen-bond donors (Lipinski definition) is 0. The third kappa shape index (κ3) is 3.22. The summed E-state index contributed by atoms with van der Waals surface area (Å²) in [5.41, 5.74) is 1.41. The Kier molecular flexibility index (Phi) is 4.48. The Hall–Kier alpha value is -3.02. The average molecular weight is 348 g/mol. The van der Waals surface area contributed by atoms with E-state index < -0.39 is 0 Å². The fraction of sp³-hybridized carbons (Fsp3) is 0.300. The SMILES string of the molecule is O=C(c1ccncc1)N1CCC(Cn2cnc3ccccc3c2=O)CC1. The number of pyridine rings is 1. The maximum atomic E-state index is 12.6. The second kappa shape index (κ2) is 7.07. The quantitative estimate of drug-likeness (QED) is 0.729. The van der Waals surface area contributed by atoms with Crippen molar-refractivity contribution in [2.75, 3.05) is 13.1 Å². The first-order valence-corrected chi connectivity index (χ1v) is 8.86. The third-order valence-corrected chi connectivity index (χ3v) is 5.02. The van der Waals surface area contributed by atoms with Crippen molar-refractivity contribution in [1.29, 1.82) is 0 Å². The van der Waals surface area contributed by atoms with Crippen molar-refractivity contribution in [3.05, 3.63) is 71.0 Å². The van der Waals surface area contributed by atoms with E-state index in [4.69, 9.17) is 0 Å². The number of aromatic nitrogens is 3. The maximum absolute atomic E-state index is 12.6. The Morgan fingerprint density at radius 1 is 1.08 bits per heavy atom. The first kappa shape index (κ1) is 16.4. The molecule has 1 amide bonds. The highest BCUT2D eigenvalue weighted by atomic mass is 16.2. The van der Waals surface area contributed by atoms with Crippen LogP contribution in [0.15, 0.2) is 59.9 Å². The van der Waals surface area contributed by atoms with Crippen LogP contribution < -0.4 is 5.56 Å². The number of hydrogen-bond acceptors (Lipinski definition) is 4. The zero-order chi connectivity index (χ0) is 17.9. The van der Waals surface area contributed by atoms with Crippen LogP contribution in [0.3, 0.4) is 0 Å². The second-order valence-corrected chi connectivity index (χ2v) is 6.69. The van der Waals surface area contributed by atoms with Gasteiger partial charge in [0, 0.05) is 37.6 Å². The zero-order valence-corrected chi connectivity index (χ0v) is 14.4. The van der Waals surface area contributed by atoms with E-state index in [1.54, 1.807) is 35.4 Å². The van der Waals surface area contributed by atoms with Gasteiger partial charge in [0.2, 0.25) is 0 Å². The van der Waals surface area contributed by atoms with Crippen LogP contribution in [-0.4, -0.2) is 38.4 Å². The first-order chi connectivity index (χ1) is 12.7. The molecule has 2 aromatic heterocycles. The predicted molar refractivity (Wildman–Crippen MR) is 98.9 cm³/mol. The Balaban J connectivity index is 1.42. The Bertz CT molecular complexity index is 976. The highest BCUT2D eigenvalue weighted by Crippen LogP contribution is 2.20. The van der Waals surface area contributed by atoms with Gasteiger partial charge >= 0.3 is 0 Å². The summed E-state index contributed by atoms with van der Waals surface area (Å²) < 4.78 is 1.70. The number of piperidine rings is 1. The molecule has 6 nitrogen and oxygen atoms in total. The van der Waals surface area contributed by atoms with Gasteiger partial charge in [-0.3, -0.25) is 19.1 Å². The maximum Gasteiger partial charge on any atom is 0.261 e. The van der Waals surface area contributed by atoms with Crippen molar-refractivity contribution in [2.45, 2.75) is 19.4 Å². The second-order valence-electron chi connectivity index (χ2n) is 6.69. The standard InChI is InChI=1S/C20H20N4O2/c25-19(16-5-9-21-10-6-16)23-11-7-15(8-12-23)13-24-14-22-18-4-2-1-3-17(18)20(24)26/h1-6,9-10,14-15H,7-8,11-13H2. The number of nitrogens with zero attached hydrogens (tertiary/aromatic N) is 4. The minimum absolute atomic E-state index is 0.00546. The van der Waals surface area contributed by atoms with Gasteiger partial charge in [0.1, 0.15) is 0 Å². The molecule has 1 fully saturated rings. The molecule has 0 bridgehead atoms. The van der Waals surface area contributed by atoms with Crippen molar-refractivity contribution < 1.29 is 4.79 Å². The molecule has 1 aliphatic rings. The van der Waals surface area contributed by atoms with Crippen LogP contribution >= 0.6 is 0 Å². The number of benzene rings is 1. The van der Waals surface area contributed by atoms with Gasteiger partial charge in [0.05, 0.1) is 17.2 Å². The van der Waals surface area contributed by atoms with E-state index in [1.807, 2.05) is 29.2 Å². The summed E-state index contributed by atoms with van der Waals surface area (Å²) in [6, 6.07) is 10.9. The molecule has 0 saturated carbocycles. The van der Waals surface area contributed by atoms with Gasteiger partial charge in [-0.15, -0.1) is 0 Å². The Labute approximate surface area is 151 Å². The molecule has 0 spiro atoms. The van der Waals surface area contributed by atoms with E-state index in [1.165, 1.54) is 0 Å². The largest absolute Gasteiger partial charge is 0.339 e. The van der Waals surface area contributed by atoms with Gasteiger partial charge in [0.15, 0.2) is 0 Å². The molecule has 1 saturated heterocycles. The minimum Gasteiger partial charge on any atom is -0.339 e. The van der Waals surface area contributed by atoms with Crippen molar-refractivity contribution in [1.82, 2.24) is 19.4 Å². The number of fused-ring (bicyclic) bond motifs is 1. The highest BCUT2D eigenvalue weighted by molar-refractivity contribution is 5.94. The normalized spacial score (nSPS) is 15.3. The summed E-state index contributed by atoms with van der Waals surface area (Å²) in [7, 11) is 0. The molecule has 4 rings (SSSR count). The fourth-order valence-electron chi connectivity index (χ4n) is 3.51. The molecule has 132 valence electrons. The molecule has 26 heavy (non-hydrogen) atoms. The van der Waals surface area contributed by atoms with Crippen LogP contribution in [0.2, 0.25) is 0 Å². The van der Waals surface area contributed by atoms with Gasteiger partial charge in [0.25, 0.3) is 11.5 Å². The lowest BCUT2D eigenvalue weighted by atomic mass is 9.96. The van der Waals surface area contributed by atoms with E-state index >= 15 is 0 Å². The lowest BCUT2D eigenvalue weighted by molar-refractivity contribution is 0.0682. The number of amides is 1. The molecule has 3 aromatic rings. The third-order valence-electron chi connectivity index (χ3n) is 5.02. The topological polar surface area (TPSA) is 68.1 Å². The molecule has 0 radical (unpaired) electrons. The zero-order valence-electron chi connectivity index (χ0n) is 14.4. The van der Waals surface area contributed by atoms with Crippen LogP contribution in [0.1, 0.15) is 23.2 Å². The molecular formula is C20H20N4O2. The molecule has 3 heterocycles. The van der Waals surface area contributed by atoms with E-state index in [-0.39, 0.29) is 11.5 Å². The summed E-state index contributed by atoms with van der Waals surface area (Å²) in [6.45, 7) is 2.07. The van der Waals surface area contributed by atoms with E-state index in [9.17, 15) is 9.59 Å². The molecule has 0 unspecified atom stereocenters. The fourth-order valence-corrected chi connectivity index (χ4v) is 3.51. The molecule has 0 aliphatic carbocycles. The number of likely N-dealkylation sites (tertiary alicyclic amines) is 1. The average Bonchev–Trinajstić information content (AvgIpc) is 2.71. The van der Waals surface area contributed by atoms with Crippen molar-refractivity contribution in [2.24, 2.45) is 5.92 Å². The molecule has 1 aliphatic heterocycles. The van der Waals surface area contributed by atoms with Crippen LogP contribution in [-0.2, 0) is 6.54 Å². The number of rotatable bonds is 3. The van der Waals surface area contributed by atoms with Crippen LogP contribution in [0, 0.1) is 5.92 Å². The van der Waals surface area contributed by atoms with Gasteiger partial charge in [-0.05, 0) is 43.0 Å². The molecule has 0 atom stereocenters. The number of para-hydroxylation sites is 1. The van der Waals surface area contributed by atoms with Gasteiger partial charge < -0.3 is 4.90 Å². The lowest BCUT2D eigenvalue weighted by Gasteiger charge is -2.32. The number of carbonyl (C=O) groups excluding carboxylic acids is 1. The van der Waals surface area contributed by atoms with Crippen LogP contribution in [0.25, 0.3) is 10.9 Å². The smallest absolute Gasteiger partial charge is 0.261 e. The highest BCUT2D eigenvalue weighted by Gasteiger charge is 2.24. The van der Waals surface area contributed by atoms with E-state index in [0.717, 1.165) is 18.4 Å². The summed E-state index contributed by atoms with van der Waals surface area (Å²) in [4.78, 5) is 35.3. The predicted octanol–water partition coefficient (Wildman–Crippen LogP) is 2.34. The molecular weight excluding hydrogens is 328 g/mol. The minimum atomic E-state index is 0.00546. The van der Waals surface area contributed by atoms with Crippen molar-refractivity contribution in [3.63, 3.8) is 0 Å². The summed E-state index contributed by atoms with van der Waals surface area (Å²) in [5.74, 6) is 0.424. The van der Waals surface area contributed by atoms with Gasteiger partial charge in [-0.25, -0.2) is 4.98 Å². The lowest BCUT2D eigenvalue weighted by Crippen LogP contribution is -2.40. The summed E-state index contributed by atoms with van der Waals surface area (Å²) in [5, 5.41) is 0.653. The summed E-state index contributed by atoms with van der Waals surface area (Å²) in [6.07, 6.45) is 6.68. The van der Waals surface area contributed by atoms with Gasteiger partial charge in [-0.2, -0.15) is 0 Å². The molecule has 0 N–H and O–H groups in total. The monoisotopic (exact) mass is 348 g/mol. The Morgan fingerprint density at radius 2 is 1.81 bits per heavy atom. The van der Waals surface area contributed by atoms with E-state index in [0.29, 0.717) is 36.5 Å². The Morgan fingerprint density at radius 3 is 2.58 bits per heavy atom. The molecule has 6 heteroatoms. The van der Waals surface area contributed by atoms with Crippen LogP contribution in [0.5, 0.6) is 0 Å². The van der Waals surface area contributed by atoms with Crippen molar-refractivity contribution in [3.8, 4) is 0 Å². The van der Waals surface area contributed by atoms with Gasteiger partial charge in [-0.1, -0.05) is 12.1 Å². The van der Waals surface area contributed by atoms with Crippen molar-refractivity contribution >= 4 is 16.8 Å². The molecule has 1 aromatic carbocycles. The van der Waals surface area contributed by atoms with E-state index in [2.05, 4.69) is 9.97 Å².